The molecule has 2 N–H and O–H groups in total. The van der Waals surface area contributed by atoms with Gasteiger partial charge in [-0.3, -0.25) is 9.59 Å². The standard InChI is InChI=1S/C20H17N5O3/c1-13-6-8-14(9-7-13)28-11-18(26)24-16-4-2-3-5-17(16)25-19-15(10-23-25)20(27)22-12-21-19/h2-10,12H,11H2,1H3,(H,24,26)(H,21,22,27). The molecule has 8 heteroatoms. The number of benzene rings is 2. The van der Waals surface area contributed by atoms with E-state index in [1.165, 1.54) is 17.2 Å². The van der Waals surface area contributed by atoms with Crippen LogP contribution in [0.4, 0.5) is 5.69 Å². The summed E-state index contributed by atoms with van der Waals surface area (Å²) in [6.07, 6.45) is 2.76. The van der Waals surface area contributed by atoms with Crippen molar-refractivity contribution in [1.29, 1.82) is 0 Å². The highest BCUT2D eigenvalue weighted by Gasteiger charge is 2.14. The Labute approximate surface area is 159 Å². The first kappa shape index (κ1) is 17.5. The molecular weight excluding hydrogens is 358 g/mol. The number of aryl methyl sites for hydroxylation is 1. The number of fused-ring (bicyclic) bond motifs is 1. The number of carbonyl (C=O) groups excluding carboxylic acids is 1. The molecule has 0 fully saturated rings. The van der Waals surface area contributed by atoms with Crippen molar-refractivity contribution >= 4 is 22.6 Å². The number of para-hydroxylation sites is 2. The second-order valence-electron chi connectivity index (χ2n) is 6.19. The number of rotatable bonds is 5. The first-order valence-corrected chi connectivity index (χ1v) is 8.62. The van der Waals surface area contributed by atoms with Crippen LogP contribution in [0.1, 0.15) is 5.56 Å². The monoisotopic (exact) mass is 375 g/mol. The molecule has 2 aromatic carbocycles. The number of aromatic amines is 1. The number of nitrogens with one attached hydrogen (secondary N) is 2. The number of hydrogen-bond donors (Lipinski definition) is 2. The van der Waals surface area contributed by atoms with Crippen molar-refractivity contribution in [2.75, 3.05) is 11.9 Å². The van der Waals surface area contributed by atoms with Gasteiger partial charge in [-0.25, -0.2) is 9.67 Å². The van der Waals surface area contributed by atoms with Crippen molar-refractivity contribution in [3.8, 4) is 11.4 Å². The van der Waals surface area contributed by atoms with Gasteiger partial charge in [0.1, 0.15) is 11.1 Å². The predicted octanol–water partition coefficient (Wildman–Crippen LogP) is 2.43. The fraction of sp³-hybridized carbons (Fsp3) is 0.100. The Bertz CT molecular complexity index is 1190. The van der Waals surface area contributed by atoms with Crippen molar-refractivity contribution in [3.05, 3.63) is 77.0 Å². The van der Waals surface area contributed by atoms with E-state index in [0.717, 1.165) is 5.56 Å². The smallest absolute Gasteiger partial charge is 0.262 e. The lowest BCUT2D eigenvalue weighted by Crippen LogP contribution is -2.21. The SMILES string of the molecule is Cc1ccc(OCC(=O)Nc2ccccc2-n2ncc3c(=O)[nH]cnc32)cc1. The summed E-state index contributed by atoms with van der Waals surface area (Å²) in [6.45, 7) is 1.85. The summed E-state index contributed by atoms with van der Waals surface area (Å²) in [5.41, 5.74) is 2.38. The molecule has 8 nitrogen and oxygen atoms in total. The highest BCUT2D eigenvalue weighted by Crippen LogP contribution is 2.22. The Morgan fingerprint density at radius 3 is 2.79 bits per heavy atom. The van der Waals surface area contributed by atoms with Crippen molar-refractivity contribution in [3.63, 3.8) is 0 Å². The van der Waals surface area contributed by atoms with Gasteiger partial charge >= 0.3 is 0 Å². The minimum absolute atomic E-state index is 0.130. The number of H-pyrrole nitrogens is 1. The van der Waals surface area contributed by atoms with Crippen LogP contribution in [0.3, 0.4) is 0 Å². The molecule has 0 aliphatic carbocycles. The zero-order chi connectivity index (χ0) is 19.5. The topological polar surface area (TPSA) is 102 Å². The van der Waals surface area contributed by atoms with Crippen LogP contribution in [0, 0.1) is 6.92 Å². The van der Waals surface area contributed by atoms with Gasteiger partial charge in [-0.05, 0) is 31.2 Å². The Morgan fingerprint density at radius 2 is 1.96 bits per heavy atom. The number of aromatic nitrogens is 4. The largest absolute Gasteiger partial charge is 0.484 e. The summed E-state index contributed by atoms with van der Waals surface area (Å²) in [5, 5.41) is 7.44. The fourth-order valence-corrected chi connectivity index (χ4v) is 2.77. The van der Waals surface area contributed by atoms with E-state index in [4.69, 9.17) is 4.74 Å². The summed E-state index contributed by atoms with van der Waals surface area (Å²) in [4.78, 5) is 31.0. The van der Waals surface area contributed by atoms with Gasteiger partial charge in [0, 0.05) is 0 Å². The lowest BCUT2D eigenvalue weighted by molar-refractivity contribution is -0.118. The minimum Gasteiger partial charge on any atom is -0.484 e. The lowest BCUT2D eigenvalue weighted by atomic mass is 10.2. The van der Waals surface area contributed by atoms with E-state index < -0.39 is 0 Å². The van der Waals surface area contributed by atoms with Crippen molar-refractivity contribution in [2.45, 2.75) is 6.92 Å². The van der Waals surface area contributed by atoms with Crippen LogP contribution in [0.15, 0.2) is 65.8 Å². The molecule has 0 saturated heterocycles. The number of nitrogens with zero attached hydrogens (tertiary/aromatic N) is 3. The normalized spacial score (nSPS) is 10.8. The molecule has 1 amide bonds. The van der Waals surface area contributed by atoms with E-state index in [1.807, 2.05) is 37.3 Å². The van der Waals surface area contributed by atoms with Crippen LogP contribution in [0.25, 0.3) is 16.7 Å². The van der Waals surface area contributed by atoms with E-state index in [2.05, 4.69) is 20.4 Å². The molecule has 2 heterocycles. The second kappa shape index (κ2) is 7.36. The van der Waals surface area contributed by atoms with Gasteiger partial charge in [-0.2, -0.15) is 5.10 Å². The number of carbonyl (C=O) groups is 1. The molecule has 28 heavy (non-hydrogen) atoms. The van der Waals surface area contributed by atoms with Crippen LogP contribution in [0.5, 0.6) is 5.75 Å². The molecule has 140 valence electrons. The van der Waals surface area contributed by atoms with Crippen molar-refractivity contribution in [2.24, 2.45) is 0 Å². The molecule has 4 aromatic rings. The number of amides is 1. The maximum absolute atomic E-state index is 12.4. The first-order chi connectivity index (χ1) is 13.6. The zero-order valence-corrected chi connectivity index (χ0v) is 15.0. The molecule has 0 spiro atoms. The Hall–Kier alpha value is -3.94. The third-order valence-electron chi connectivity index (χ3n) is 4.17. The van der Waals surface area contributed by atoms with Crippen LogP contribution < -0.4 is 15.6 Å². The van der Waals surface area contributed by atoms with Crippen molar-refractivity contribution < 1.29 is 9.53 Å². The molecule has 0 unspecified atom stereocenters. The Morgan fingerprint density at radius 1 is 1.18 bits per heavy atom. The molecule has 0 saturated carbocycles. The van der Waals surface area contributed by atoms with Crippen LogP contribution >= 0.6 is 0 Å². The number of ether oxygens (including phenoxy) is 1. The van der Waals surface area contributed by atoms with Crippen LogP contribution in [-0.2, 0) is 4.79 Å². The van der Waals surface area contributed by atoms with Crippen molar-refractivity contribution in [1.82, 2.24) is 19.7 Å². The average Bonchev–Trinajstić information content (AvgIpc) is 3.13. The summed E-state index contributed by atoms with van der Waals surface area (Å²) in [5.74, 6) is 0.311. The maximum atomic E-state index is 12.4. The summed E-state index contributed by atoms with van der Waals surface area (Å²) >= 11 is 0. The maximum Gasteiger partial charge on any atom is 0.262 e. The van der Waals surface area contributed by atoms with Crippen LogP contribution in [-0.4, -0.2) is 32.3 Å². The van der Waals surface area contributed by atoms with Crippen LogP contribution in [0.2, 0.25) is 0 Å². The fourth-order valence-electron chi connectivity index (χ4n) is 2.77. The highest BCUT2D eigenvalue weighted by atomic mass is 16.5. The summed E-state index contributed by atoms with van der Waals surface area (Å²) < 4.78 is 7.03. The van der Waals surface area contributed by atoms with E-state index in [-0.39, 0.29) is 18.1 Å². The second-order valence-corrected chi connectivity index (χ2v) is 6.19. The quantitative estimate of drug-likeness (QED) is 0.558. The predicted molar refractivity (Wildman–Crippen MR) is 105 cm³/mol. The van der Waals surface area contributed by atoms with Gasteiger partial charge in [-0.15, -0.1) is 0 Å². The van der Waals surface area contributed by atoms with Gasteiger partial charge in [0.25, 0.3) is 11.5 Å². The molecule has 2 aromatic heterocycles. The molecule has 0 aliphatic rings. The van der Waals surface area contributed by atoms with E-state index in [1.54, 1.807) is 18.2 Å². The van der Waals surface area contributed by atoms with Gasteiger partial charge in [0.2, 0.25) is 0 Å². The molecular formula is C20H17N5O3. The van der Waals surface area contributed by atoms with Gasteiger partial charge in [0.05, 0.1) is 23.9 Å². The summed E-state index contributed by atoms with van der Waals surface area (Å²) in [7, 11) is 0. The Kier molecular flexibility index (Phi) is 4.59. The van der Waals surface area contributed by atoms with E-state index in [0.29, 0.717) is 28.2 Å². The molecule has 0 radical (unpaired) electrons. The number of anilines is 1. The minimum atomic E-state index is -0.310. The first-order valence-electron chi connectivity index (χ1n) is 8.62. The van der Waals surface area contributed by atoms with E-state index in [9.17, 15) is 9.59 Å². The average molecular weight is 375 g/mol. The van der Waals surface area contributed by atoms with E-state index >= 15 is 0 Å². The molecule has 0 atom stereocenters. The number of hydrogen-bond acceptors (Lipinski definition) is 5. The Balaban J connectivity index is 1.56. The van der Waals surface area contributed by atoms with Gasteiger partial charge in [0.15, 0.2) is 12.3 Å². The molecule has 0 bridgehead atoms. The molecule has 0 aliphatic heterocycles. The third kappa shape index (κ3) is 3.48. The zero-order valence-electron chi connectivity index (χ0n) is 15.0. The molecule has 4 rings (SSSR count). The highest BCUT2D eigenvalue weighted by molar-refractivity contribution is 5.94. The lowest BCUT2D eigenvalue weighted by Gasteiger charge is -2.12. The van der Waals surface area contributed by atoms with Gasteiger partial charge < -0.3 is 15.0 Å². The third-order valence-corrected chi connectivity index (χ3v) is 4.17. The summed E-state index contributed by atoms with van der Waals surface area (Å²) in [6, 6.07) is 14.6. The van der Waals surface area contributed by atoms with Gasteiger partial charge in [-0.1, -0.05) is 29.8 Å².